The van der Waals surface area contributed by atoms with Crippen LogP contribution in [-0.2, 0) is 4.74 Å². The van der Waals surface area contributed by atoms with E-state index < -0.39 is 0 Å². The molecule has 1 heterocycles. The van der Waals surface area contributed by atoms with Crippen LogP contribution in [0.5, 0.6) is 0 Å². The van der Waals surface area contributed by atoms with Gasteiger partial charge in [-0.15, -0.1) is 0 Å². The van der Waals surface area contributed by atoms with Crippen LogP contribution in [0.4, 0.5) is 22.0 Å². The summed E-state index contributed by atoms with van der Waals surface area (Å²) in [5, 5.41) is 8.56. The molecule has 2 rings (SSSR count). The summed E-state index contributed by atoms with van der Waals surface area (Å²) in [7, 11) is 1.65. The standard InChI is InChI=1S/C15H18N4O2/c1-21-10-9-16-14-8-7-13(11-17-14)19-15(20)18-12-5-3-2-4-6-12/h2-8,11H,9-10H2,1H3,(H,16,17)(H2,18,19,20). The first-order valence-corrected chi connectivity index (χ1v) is 6.60. The smallest absolute Gasteiger partial charge is 0.323 e. The molecule has 3 N–H and O–H groups in total. The minimum atomic E-state index is -0.303. The second kappa shape index (κ2) is 7.86. The first-order chi connectivity index (χ1) is 10.3. The Balaban J connectivity index is 1.83. The maximum atomic E-state index is 11.8. The van der Waals surface area contributed by atoms with E-state index in [0.717, 1.165) is 11.5 Å². The Hall–Kier alpha value is -2.60. The number of carbonyl (C=O) groups is 1. The Bertz CT molecular complexity index is 558. The van der Waals surface area contributed by atoms with Crippen molar-refractivity contribution in [2.75, 3.05) is 36.2 Å². The van der Waals surface area contributed by atoms with Gasteiger partial charge in [0.25, 0.3) is 0 Å². The zero-order valence-electron chi connectivity index (χ0n) is 11.8. The fourth-order valence-corrected chi connectivity index (χ4v) is 1.67. The fraction of sp³-hybridized carbons (Fsp3) is 0.200. The van der Waals surface area contributed by atoms with Gasteiger partial charge in [0.05, 0.1) is 18.5 Å². The summed E-state index contributed by atoms with van der Waals surface area (Å²) in [4.78, 5) is 16.0. The van der Waals surface area contributed by atoms with E-state index in [0.29, 0.717) is 18.8 Å². The molecule has 2 amide bonds. The summed E-state index contributed by atoms with van der Waals surface area (Å²) in [5.41, 5.74) is 1.36. The summed E-state index contributed by atoms with van der Waals surface area (Å²) < 4.78 is 4.94. The molecule has 0 aliphatic carbocycles. The lowest BCUT2D eigenvalue weighted by Crippen LogP contribution is -2.19. The molecule has 0 bridgehead atoms. The molecule has 21 heavy (non-hydrogen) atoms. The van der Waals surface area contributed by atoms with E-state index in [1.807, 2.05) is 30.3 Å². The van der Waals surface area contributed by atoms with Crippen molar-refractivity contribution in [1.82, 2.24) is 4.98 Å². The molecule has 1 aromatic carbocycles. The van der Waals surface area contributed by atoms with Gasteiger partial charge < -0.3 is 20.7 Å². The number of rotatable bonds is 6. The SMILES string of the molecule is COCCNc1ccc(NC(=O)Nc2ccccc2)cn1. The Labute approximate surface area is 123 Å². The number of anilines is 3. The summed E-state index contributed by atoms with van der Waals surface area (Å²) in [5.74, 6) is 0.737. The number of aromatic nitrogens is 1. The lowest BCUT2D eigenvalue weighted by molar-refractivity contribution is 0.210. The van der Waals surface area contributed by atoms with Crippen LogP contribution in [0.25, 0.3) is 0 Å². The van der Waals surface area contributed by atoms with Gasteiger partial charge in [0.15, 0.2) is 0 Å². The minimum Gasteiger partial charge on any atom is -0.383 e. The average molecular weight is 286 g/mol. The van der Waals surface area contributed by atoms with Gasteiger partial charge in [-0.1, -0.05) is 18.2 Å². The highest BCUT2D eigenvalue weighted by atomic mass is 16.5. The molecule has 2 aromatic rings. The van der Waals surface area contributed by atoms with Gasteiger partial charge >= 0.3 is 6.03 Å². The number of hydrogen-bond donors (Lipinski definition) is 3. The average Bonchev–Trinajstić information content (AvgIpc) is 2.50. The fourth-order valence-electron chi connectivity index (χ4n) is 1.67. The second-order valence-electron chi connectivity index (χ2n) is 4.30. The van der Waals surface area contributed by atoms with Crippen molar-refractivity contribution in [2.24, 2.45) is 0 Å². The molecule has 0 radical (unpaired) electrons. The number of methoxy groups -OCH3 is 1. The topological polar surface area (TPSA) is 75.3 Å². The predicted octanol–water partition coefficient (Wildman–Crippen LogP) is 2.78. The van der Waals surface area contributed by atoms with Gasteiger partial charge in [0, 0.05) is 19.3 Å². The van der Waals surface area contributed by atoms with Crippen molar-refractivity contribution in [2.45, 2.75) is 0 Å². The van der Waals surface area contributed by atoms with Crippen molar-refractivity contribution in [3.8, 4) is 0 Å². The van der Waals surface area contributed by atoms with Crippen LogP contribution in [0.15, 0.2) is 48.7 Å². The Morgan fingerprint density at radius 3 is 2.52 bits per heavy atom. The minimum absolute atomic E-state index is 0.303. The molecule has 0 fully saturated rings. The van der Waals surface area contributed by atoms with Gasteiger partial charge in [0.2, 0.25) is 0 Å². The molecule has 0 saturated heterocycles. The van der Waals surface area contributed by atoms with Crippen LogP contribution in [0.2, 0.25) is 0 Å². The number of nitrogens with one attached hydrogen (secondary N) is 3. The summed E-state index contributed by atoms with van der Waals surface area (Å²) >= 11 is 0. The van der Waals surface area contributed by atoms with E-state index in [-0.39, 0.29) is 6.03 Å². The highest BCUT2D eigenvalue weighted by molar-refractivity contribution is 5.99. The van der Waals surface area contributed by atoms with Crippen LogP contribution < -0.4 is 16.0 Å². The largest absolute Gasteiger partial charge is 0.383 e. The van der Waals surface area contributed by atoms with E-state index in [4.69, 9.17) is 4.74 Å². The second-order valence-corrected chi connectivity index (χ2v) is 4.30. The number of ether oxygens (including phenoxy) is 1. The quantitative estimate of drug-likeness (QED) is 0.714. The summed E-state index contributed by atoms with van der Waals surface area (Å²) in [6.07, 6.45) is 1.60. The maximum absolute atomic E-state index is 11.8. The van der Waals surface area contributed by atoms with Crippen molar-refractivity contribution in [3.05, 3.63) is 48.7 Å². The molecule has 1 aromatic heterocycles. The van der Waals surface area contributed by atoms with Crippen LogP contribution >= 0.6 is 0 Å². The predicted molar refractivity (Wildman–Crippen MR) is 83.7 cm³/mol. The number of benzene rings is 1. The van der Waals surface area contributed by atoms with E-state index in [1.165, 1.54) is 0 Å². The first-order valence-electron chi connectivity index (χ1n) is 6.60. The van der Waals surface area contributed by atoms with Crippen molar-refractivity contribution in [1.29, 1.82) is 0 Å². The highest BCUT2D eigenvalue weighted by Gasteiger charge is 2.02. The number of para-hydroxylation sites is 1. The molecular formula is C15H18N4O2. The maximum Gasteiger partial charge on any atom is 0.323 e. The van der Waals surface area contributed by atoms with Crippen molar-refractivity contribution >= 4 is 23.2 Å². The normalized spacial score (nSPS) is 9.95. The number of carbonyl (C=O) groups excluding carboxylic acids is 1. The molecule has 0 atom stereocenters. The van der Waals surface area contributed by atoms with Crippen molar-refractivity contribution < 1.29 is 9.53 Å². The molecule has 0 aliphatic heterocycles. The zero-order valence-corrected chi connectivity index (χ0v) is 11.8. The Morgan fingerprint density at radius 1 is 1.10 bits per heavy atom. The molecule has 0 spiro atoms. The first kappa shape index (κ1) is 14.8. The van der Waals surface area contributed by atoms with E-state index in [9.17, 15) is 4.79 Å². The third kappa shape index (κ3) is 5.12. The number of nitrogens with zero attached hydrogens (tertiary/aromatic N) is 1. The van der Waals surface area contributed by atoms with Gasteiger partial charge in [-0.2, -0.15) is 0 Å². The van der Waals surface area contributed by atoms with Crippen LogP contribution in [0.1, 0.15) is 0 Å². The van der Waals surface area contributed by atoms with Crippen molar-refractivity contribution in [3.63, 3.8) is 0 Å². The lowest BCUT2D eigenvalue weighted by atomic mass is 10.3. The third-order valence-corrected chi connectivity index (χ3v) is 2.67. The van der Waals surface area contributed by atoms with Gasteiger partial charge in [-0.25, -0.2) is 9.78 Å². The van der Waals surface area contributed by atoms with Crippen LogP contribution in [0, 0.1) is 0 Å². The van der Waals surface area contributed by atoms with E-state index >= 15 is 0 Å². The monoisotopic (exact) mass is 286 g/mol. The number of urea groups is 1. The highest BCUT2D eigenvalue weighted by Crippen LogP contribution is 2.11. The molecule has 6 nitrogen and oxygen atoms in total. The number of amides is 2. The van der Waals surface area contributed by atoms with Gasteiger partial charge in [-0.3, -0.25) is 0 Å². The Morgan fingerprint density at radius 2 is 1.86 bits per heavy atom. The molecular weight excluding hydrogens is 268 g/mol. The number of hydrogen-bond acceptors (Lipinski definition) is 4. The third-order valence-electron chi connectivity index (χ3n) is 2.67. The lowest BCUT2D eigenvalue weighted by Gasteiger charge is -2.08. The summed E-state index contributed by atoms with van der Waals surface area (Å²) in [6.45, 7) is 1.30. The van der Waals surface area contributed by atoms with E-state index in [2.05, 4.69) is 20.9 Å². The summed E-state index contributed by atoms with van der Waals surface area (Å²) in [6, 6.07) is 12.5. The molecule has 0 aliphatic rings. The zero-order chi connectivity index (χ0) is 14.9. The Kier molecular flexibility index (Phi) is 5.54. The molecule has 6 heteroatoms. The van der Waals surface area contributed by atoms with Gasteiger partial charge in [0.1, 0.15) is 5.82 Å². The molecule has 0 saturated carbocycles. The molecule has 0 unspecified atom stereocenters. The van der Waals surface area contributed by atoms with E-state index in [1.54, 1.807) is 25.4 Å². The van der Waals surface area contributed by atoms with Crippen LogP contribution in [-0.4, -0.2) is 31.3 Å². The van der Waals surface area contributed by atoms with Gasteiger partial charge in [-0.05, 0) is 24.3 Å². The molecule has 110 valence electrons. The van der Waals surface area contributed by atoms with Crippen LogP contribution in [0.3, 0.4) is 0 Å². The number of pyridine rings is 1.